The van der Waals surface area contributed by atoms with Crippen LogP contribution in [-0.2, 0) is 24.3 Å². The lowest BCUT2D eigenvalue weighted by Crippen LogP contribution is -2.32. The third-order valence-electron chi connectivity index (χ3n) is 3.84. The van der Waals surface area contributed by atoms with E-state index >= 15 is 0 Å². The number of rotatable bonds is 8. The molecule has 2 rings (SSSR count). The van der Waals surface area contributed by atoms with Crippen molar-refractivity contribution in [2.24, 2.45) is 0 Å². The molecule has 2 aromatic rings. The number of hydrogen-bond acceptors (Lipinski definition) is 5. The molecule has 1 atom stereocenters. The Balaban J connectivity index is 1.82. The topological polar surface area (TPSA) is 102 Å². The van der Waals surface area contributed by atoms with Gasteiger partial charge in [-0.2, -0.15) is 0 Å². The van der Waals surface area contributed by atoms with Crippen molar-refractivity contribution in [2.75, 3.05) is 11.9 Å². The lowest BCUT2D eigenvalue weighted by atomic mass is 10.2. The van der Waals surface area contributed by atoms with Crippen LogP contribution in [0.5, 0.6) is 0 Å². The van der Waals surface area contributed by atoms with Crippen molar-refractivity contribution in [3.8, 4) is 0 Å². The van der Waals surface area contributed by atoms with E-state index in [2.05, 4.69) is 10.0 Å². The number of anilines is 1. The van der Waals surface area contributed by atoms with E-state index in [-0.39, 0.29) is 28.6 Å². The predicted octanol–water partition coefficient (Wildman–Crippen LogP) is 3.03. The Kier molecular flexibility index (Phi) is 7.72. The Morgan fingerprint density at radius 2 is 1.93 bits per heavy atom. The third kappa shape index (κ3) is 6.81. The molecule has 2 N–H and O–H groups in total. The summed E-state index contributed by atoms with van der Waals surface area (Å²) in [5.74, 6) is -1.88. The number of halogens is 2. The number of carbonyl (C=O) groups is 2. The van der Waals surface area contributed by atoms with Crippen molar-refractivity contribution in [2.45, 2.75) is 31.3 Å². The van der Waals surface area contributed by atoms with E-state index in [0.29, 0.717) is 5.56 Å². The number of hydrogen-bond donors (Lipinski definition) is 2. The third-order valence-corrected chi connectivity index (χ3v) is 5.54. The van der Waals surface area contributed by atoms with Gasteiger partial charge in [0.2, 0.25) is 10.0 Å². The first-order chi connectivity index (χ1) is 13.6. The molecule has 29 heavy (non-hydrogen) atoms. The normalized spacial score (nSPS) is 12.3. The van der Waals surface area contributed by atoms with Crippen LogP contribution in [0.4, 0.5) is 10.1 Å². The lowest BCUT2D eigenvalue weighted by molar-refractivity contribution is -0.152. The Hall–Kier alpha value is -2.49. The maximum atomic E-state index is 13.5. The minimum Gasteiger partial charge on any atom is -0.452 e. The Bertz CT molecular complexity index is 1010. The highest BCUT2D eigenvalue weighted by molar-refractivity contribution is 7.89. The minimum atomic E-state index is -3.83. The zero-order chi connectivity index (χ0) is 21.6. The Morgan fingerprint density at radius 3 is 2.59 bits per heavy atom. The van der Waals surface area contributed by atoms with Gasteiger partial charge in [-0.15, -0.1) is 0 Å². The van der Waals surface area contributed by atoms with E-state index in [9.17, 15) is 22.4 Å². The largest absolute Gasteiger partial charge is 0.452 e. The lowest BCUT2D eigenvalue weighted by Gasteiger charge is -2.14. The van der Waals surface area contributed by atoms with Gasteiger partial charge in [-0.1, -0.05) is 23.7 Å². The molecular weight excluding hydrogens is 423 g/mol. The van der Waals surface area contributed by atoms with Gasteiger partial charge in [0.05, 0.1) is 11.3 Å². The van der Waals surface area contributed by atoms with Crippen molar-refractivity contribution in [3.05, 3.63) is 58.9 Å². The molecule has 0 bridgehead atoms. The molecule has 0 radical (unpaired) electrons. The van der Waals surface area contributed by atoms with Crippen LogP contribution in [0.25, 0.3) is 0 Å². The van der Waals surface area contributed by atoms with Crippen LogP contribution < -0.4 is 10.0 Å². The van der Waals surface area contributed by atoms with Gasteiger partial charge in [0.25, 0.3) is 5.91 Å². The van der Waals surface area contributed by atoms with Gasteiger partial charge in [0.1, 0.15) is 5.82 Å². The van der Waals surface area contributed by atoms with Crippen LogP contribution in [0.3, 0.4) is 0 Å². The molecule has 10 heteroatoms. The molecule has 1 amide bonds. The second-order valence-electron chi connectivity index (χ2n) is 6.19. The second-order valence-corrected chi connectivity index (χ2v) is 8.39. The van der Waals surface area contributed by atoms with Crippen LogP contribution in [0.15, 0.2) is 47.4 Å². The molecule has 0 heterocycles. The van der Waals surface area contributed by atoms with E-state index in [1.165, 1.54) is 43.3 Å². The molecule has 0 aliphatic carbocycles. The average Bonchev–Trinajstić information content (AvgIpc) is 2.64. The minimum absolute atomic E-state index is 0.0311. The summed E-state index contributed by atoms with van der Waals surface area (Å²) in [5, 5.41) is 2.71. The van der Waals surface area contributed by atoms with Gasteiger partial charge in [0.15, 0.2) is 6.10 Å². The monoisotopic (exact) mass is 442 g/mol. The molecule has 0 saturated heterocycles. The van der Waals surface area contributed by atoms with Crippen LogP contribution in [-0.4, -0.2) is 32.9 Å². The Morgan fingerprint density at radius 1 is 1.21 bits per heavy atom. The zero-order valence-electron chi connectivity index (χ0n) is 15.7. The van der Waals surface area contributed by atoms with Crippen molar-refractivity contribution >= 4 is 39.2 Å². The molecule has 156 valence electrons. The number of carbonyl (C=O) groups excluding carboxylic acids is 2. The highest BCUT2D eigenvalue weighted by atomic mass is 35.5. The maximum absolute atomic E-state index is 13.5. The highest BCUT2D eigenvalue weighted by Gasteiger charge is 2.19. The summed E-state index contributed by atoms with van der Waals surface area (Å²) < 4.78 is 45.0. The van der Waals surface area contributed by atoms with E-state index < -0.39 is 33.8 Å². The summed E-state index contributed by atoms with van der Waals surface area (Å²) in [5.41, 5.74) is 0.665. The number of sulfonamides is 1. The highest BCUT2D eigenvalue weighted by Crippen LogP contribution is 2.16. The van der Waals surface area contributed by atoms with Gasteiger partial charge in [-0.25, -0.2) is 17.5 Å². The Labute approximate surface area is 173 Å². The number of amides is 1. The first-order valence-corrected chi connectivity index (χ1v) is 10.5. The fourth-order valence-corrected chi connectivity index (χ4v) is 3.56. The van der Waals surface area contributed by atoms with Gasteiger partial charge < -0.3 is 10.1 Å². The fraction of sp³-hybridized carbons (Fsp3) is 0.263. The van der Waals surface area contributed by atoms with E-state index in [0.717, 1.165) is 6.07 Å². The van der Waals surface area contributed by atoms with E-state index in [4.69, 9.17) is 16.3 Å². The van der Waals surface area contributed by atoms with Crippen molar-refractivity contribution < 1.29 is 27.1 Å². The molecule has 2 aromatic carbocycles. The van der Waals surface area contributed by atoms with E-state index in [1.807, 2.05) is 0 Å². The van der Waals surface area contributed by atoms with Crippen LogP contribution in [0.1, 0.15) is 18.9 Å². The van der Waals surface area contributed by atoms with Crippen molar-refractivity contribution in [1.29, 1.82) is 0 Å². The smallest absolute Gasteiger partial charge is 0.307 e. The molecule has 0 fully saturated rings. The summed E-state index contributed by atoms with van der Waals surface area (Å²) in [4.78, 5) is 23.9. The van der Waals surface area contributed by atoms with Gasteiger partial charge in [-0.05, 0) is 49.7 Å². The maximum Gasteiger partial charge on any atom is 0.307 e. The number of ether oxygens (including phenoxy) is 1. The molecule has 0 saturated carbocycles. The van der Waals surface area contributed by atoms with Crippen LogP contribution >= 0.6 is 11.6 Å². The number of benzene rings is 2. The molecule has 7 nitrogen and oxygen atoms in total. The zero-order valence-corrected chi connectivity index (χ0v) is 17.3. The average molecular weight is 443 g/mol. The molecule has 0 aliphatic heterocycles. The fourth-order valence-electron chi connectivity index (χ4n) is 2.23. The van der Waals surface area contributed by atoms with Gasteiger partial charge >= 0.3 is 5.97 Å². The summed E-state index contributed by atoms with van der Waals surface area (Å²) in [7, 11) is -3.83. The van der Waals surface area contributed by atoms with Crippen LogP contribution in [0, 0.1) is 12.7 Å². The second kappa shape index (κ2) is 9.82. The summed E-state index contributed by atoms with van der Waals surface area (Å²) in [6, 6.07) is 9.87. The molecule has 0 aliphatic rings. The van der Waals surface area contributed by atoms with Gasteiger partial charge in [-0.3, -0.25) is 9.59 Å². The molecule has 0 aromatic heterocycles. The number of esters is 1. The SMILES string of the molecule is Cc1ccc(NC(=O)C(C)OC(=O)CCNS(=O)(=O)c2cccc(Cl)c2)cc1F. The molecule has 1 unspecified atom stereocenters. The van der Waals surface area contributed by atoms with E-state index in [1.54, 1.807) is 6.92 Å². The van der Waals surface area contributed by atoms with Crippen LogP contribution in [0.2, 0.25) is 5.02 Å². The first kappa shape index (κ1) is 22.8. The number of nitrogens with one attached hydrogen (secondary N) is 2. The predicted molar refractivity (Wildman–Crippen MR) is 107 cm³/mol. The standard InChI is InChI=1S/C19H20ClFN2O5S/c1-12-6-7-15(11-17(12)21)23-19(25)13(2)28-18(24)8-9-22-29(26,27)16-5-3-4-14(20)10-16/h3-7,10-11,13,22H,8-9H2,1-2H3,(H,23,25). The molecule has 0 spiro atoms. The van der Waals surface area contributed by atoms with Gasteiger partial charge in [0, 0.05) is 17.3 Å². The summed E-state index contributed by atoms with van der Waals surface area (Å²) in [6.07, 6.45) is -1.42. The quantitative estimate of drug-likeness (QED) is 0.612. The summed E-state index contributed by atoms with van der Waals surface area (Å²) in [6.45, 7) is 2.73. The van der Waals surface area contributed by atoms with Crippen molar-refractivity contribution in [1.82, 2.24) is 4.72 Å². The first-order valence-electron chi connectivity index (χ1n) is 8.60. The van der Waals surface area contributed by atoms with Crippen molar-refractivity contribution in [3.63, 3.8) is 0 Å². The summed E-state index contributed by atoms with van der Waals surface area (Å²) >= 11 is 5.77. The number of aryl methyl sites for hydroxylation is 1. The molecular formula is C19H20ClFN2O5S.